The molecule has 0 spiro atoms. The van der Waals surface area contributed by atoms with Gasteiger partial charge in [0.1, 0.15) is 0 Å². The summed E-state index contributed by atoms with van der Waals surface area (Å²) < 4.78 is 9.70. The normalized spacial score (nSPS) is 12.8. The number of rotatable bonds is 6. The number of hydrogen-bond acceptors (Lipinski definition) is 6. The molecule has 1 unspecified atom stereocenters. The monoisotopic (exact) mass is 259 g/mol. The van der Waals surface area contributed by atoms with Crippen molar-refractivity contribution in [2.75, 3.05) is 12.3 Å². The molecule has 0 saturated heterocycles. The minimum atomic E-state index is -0.935. The molecular formula is C11H17NO4S. The Balaban J connectivity index is 4.09. The lowest BCUT2D eigenvalue weighted by Gasteiger charge is -2.13. The van der Waals surface area contributed by atoms with Crippen LogP contribution in [0.5, 0.6) is 0 Å². The first-order valence-corrected chi connectivity index (χ1v) is 6.06. The Bertz CT molecular complexity index is 315. The fourth-order valence-corrected chi connectivity index (χ4v) is 1.36. The van der Waals surface area contributed by atoms with Gasteiger partial charge in [-0.1, -0.05) is 18.7 Å². The lowest BCUT2D eigenvalue weighted by molar-refractivity contribution is -0.158. The van der Waals surface area contributed by atoms with Gasteiger partial charge < -0.3 is 15.2 Å². The Morgan fingerprint density at radius 1 is 1.47 bits per heavy atom. The van der Waals surface area contributed by atoms with Crippen LogP contribution in [0.2, 0.25) is 0 Å². The molecule has 0 fully saturated rings. The quantitative estimate of drug-likeness (QED) is 0.339. The molecule has 0 amide bonds. The van der Waals surface area contributed by atoms with E-state index in [-0.39, 0.29) is 0 Å². The predicted octanol–water partition coefficient (Wildman–Crippen LogP) is 1.84. The molecule has 0 saturated carbocycles. The number of nitrogens with two attached hydrogens (primary N) is 1. The van der Waals surface area contributed by atoms with Crippen LogP contribution in [0.3, 0.4) is 0 Å². The van der Waals surface area contributed by atoms with Crippen molar-refractivity contribution in [1.82, 2.24) is 0 Å². The van der Waals surface area contributed by atoms with E-state index in [1.807, 2.05) is 0 Å². The summed E-state index contributed by atoms with van der Waals surface area (Å²) in [5.41, 5.74) is 5.55. The molecule has 0 aliphatic heterocycles. The number of thioether (sulfide) groups is 1. The minimum Gasteiger partial charge on any atom is -0.422 e. The van der Waals surface area contributed by atoms with Gasteiger partial charge in [0.15, 0.2) is 0 Å². The van der Waals surface area contributed by atoms with E-state index >= 15 is 0 Å². The van der Waals surface area contributed by atoms with Crippen molar-refractivity contribution in [3.8, 4) is 0 Å². The molecule has 96 valence electrons. The van der Waals surface area contributed by atoms with Crippen molar-refractivity contribution in [2.24, 2.45) is 5.73 Å². The Labute approximate surface area is 105 Å². The van der Waals surface area contributed by atoms with Crippen LogP contribution < -0.4 is 5.73 Å². The number of carbonyl (C=O) groups is 2. The lowest BCUT2D eigenvalue weighted by atomic mass is 10.2. The number of hydrogen-bond donors (Lipinski definition) is 1. The summed E-state index contributed by atoms with van der Waals surface area (Å²) in [6.07, 6.45) is 2.00. The molecule has 0 aromatic heterocycles. The average Bonchev–Trinajstić information content (AvgIpc) is 2.27. The molecule has 0 radical (unpaired) electrons. The summed E-state index contributed by atoms with van der Waals surface area (Å²) in [5.74, 6) is -0.113. The lowest BCUT2D eigenvalue weighted by Crippen LogP contribution is -2.21. The topological polar surface area (TPSA) is 78.6 Å². The van der Waals surface area contributed by atoms with Crippen molar-refractivity contribution < 1.29 is 19.1 Å². The Hall–Kier alpha value is -1.27. The summed E-state index contributed by atoms with van der Waals surface area (Å²) in [6.45, 7) is 7.00. The van der Waals surface area contributed by atoms with Gasteiger partial charge in [0.25, 0.3) is 0 Å². The van der Waals surface area contributed by atoms with E-state index in [4.69, 9.17) is 15.2 Å². The van der Waals surface area contributed by atoms with Crippen LogP contribution in [0.25, 0.3) is 0 Å². The molecular weight excluding hydrogens is 242 g/mol. The van der Waals surface area contributed by atoms with E-state index < -0.39 is 17.6 Å². The largest absolute Gasteiger partial charge is 0.422 e. The van der Waals surface area contributed by atoms with E-state index in [2.05, 4.69) is 6.58 Å². The zero-order valence-corrected chi connectivity index (χ0v) is 10.8. The van der Waals surface area contributed by atoms with Gasteiger partial charge in [0, 0.05) is 19.2 Å². The third-order valence-corrected chi connectivity index (χ3v) is 2.41. The second-order valence-corrected chi connectivity index (χ2v) is 3.96. The zero-order valence-electron chi connectivity index (χ0n) is 9.97. The summed E-state index contributed by atoms with van der Waals surface area (Å²) in [6, 6.07) is 0. The van der Waals surface area contributed by atoms with Crippen LogP contribution >= 0.6 is 11.8 Å². The van der Waals surface area contributed by atoms with Gasteiger partial charge in [-0.2, -0.15) is 0 Å². The third-order valence-electron chi connectivity index (χ3n) is 1.64. The third kappa shape index (κ3) is 6.80. The SMILES string of the molecule is C=C/C(=C\C)C(=O)OC(C)OC(=O)SCCN. The number of esters is 1. The number of allylic oxidation sites excluding steroid dienone is 1. The molecule has 0 rings (SSSR count). The van der Waals surface area contributed by atoms with E-state index in [9.17, 15) is 9.59 Å². The number of carbonyl (C=O) groups excluding carboxylic acids is 2. The van der Waals surface area contributed by atoms with E-state index in [1.165, 1.54) is 13.0 Å². The first-order valence-electron chi connectivity index (χ1n) is 5.08. The van der Waals surface area contributed by atoms with E-state index in [1.54, 1.807) is 13.0 Å². The van der Waals surface area contributed by atoms with E-state index in [0.717, 1.165) is 11.8 Å². The van der Waals surface area contributed by atoms with Gasteiger partial charge in [-0.15, -0.1) is 0 Å². The predicted molar refractivity (Wildman–Crippen MR) is 67.5 cm³/mol. The molecule has 5 nitrogen and oxygen atoms in total. The van der Waals surface area contributed by atoms with Crippen LogP contribution in [0, 0.1) is 0 Å². The minimum absolute atomic E-state index is 0.322. The van der Waals surface area contributed by atoms with Crippen LogP contribution in [0.15, 0.2) is 24.3 Å². The van der Waals surface area contributed by atoms with Crippen molar-refractivity contribution in [3.63, 3.8) is 0 Å². The van der Waals surface area contributed by atoms with E-state index in [0.29, 0.717) is 17.9 Å². The Kier molecular flexibility index (Phi) is 8.17. The van der Waals surface area contributed by atoms with Crippen LogP contribution in [-0.4, -0.2) is 29.9 Å². The highest BCUT2D eigenvalue weighted by Gasteiger charge is 2.15. The van der Waals surface area contributed by atoms with Crippen LogP contribution in [0.4, 0.5) is 4.79 Å². The first kappa shape index (κ1) is 15.7. The smallest absolute Gasteiger partial charge is 0.370 e. The number of ether oxygens (including phenoxy) is 2. The van der Waals surface area contributed by atoms with Crippen molar-refractivity contribution in [1.29, 1.82) is 0 Å². The van der Waals surface area contributed by atoms with Gasteiger partial charge in [-0.05, 0) is 18.7 Å². The standard InChI is InChI=1S/C11H17NO4S/c1-4-9(5-2)10(13)15-8(3)16-11(14)17-7-6-12/h4-5,8H,1,6-7,12H2,2-3H3/b9-5+. The van der Waals surface area contributed by atoms with Crippen LogP contribution in [-0.2, 0) is 14.3 Å². The Morgan fingerprint density at radius 3 is 2.59 bits per heavy atom. The molecule has 2 N–H and O–H groups in total. The summed E-state index contributed by atoms with van der Waals surface area (Å²) in [4.78, 5) is 22.6. The molecule has 0 aromatic rings. The summed E-state index contributed by atoms with van der Waals surface area (Å²) >= 11 is 0.940. The molecule has 1 atom stereocenters. The Morgan fingerprint density at radius 2 is 2.12 bits per heavy atom. The fraction of sp³-hybridized carbons (Fsp3) is 0.455. The maximum absolute atomic E-state index is 11.4. The maximum atomic E-state index is 11.4. The van der Waals surface area contributed by atoms with Crippen LogP contribution in [0.1, 0.15) is 13.8 Å². The summed E-state index contributed by atoms with van der Waals surface area (Å²) in [5, 5.41) is -0.517. The van der Waals surface area contributed by atoms with Gasteiger partial charge >= 0.3 is 11.3 Å². The molecule has 0 aromatic carbocycles. The van der Waals surface area contributed by atoms with Gasteiger partial charge in [-0.3, -0.25) is 0 Å². The molecule has 0 heterocycles. The van der Waals surface area contributed by atoms with Crippen molar-refractivity contribution in [2.45, 2.75) is 20.1 Å². The molecule has 6 heteroatoms. The van der Waals surface area contributed by atoms with Gasteiger partial charge in [0.2, 0.25) is 6.29 Å². The van der Waals surface area contributed by atoms with Crippen molar-refractivity contribution in [3.05, 3.63) is 24.3 Å². The molecule has 0 aliphatic carbocycles. The molecule has 0 bridgehead atoms. The first-order chi connectivity index (χ1) is 8.04. The average molecular weight is 259 g/mol. The highest BCUT2D eigenvalue weighted by molar-refractivity contribution is 8.13. The second-order valence-electron chi connectivity index (χ2n) is 2.93. The highest BCUT2D eigenvalue weighted by atomic mass is 32.2. The second kappa shape index (κ2) is 8.83. The molecule has 0 aliphatic rings. The fourth-order valence-electron chi connectivity index (χ4n) is 0.874. The van der Waals surface area contributed by atoms with Gasteiger partial charge in [0.05, 0.1) is 5.57 Å². The highest BCUT2D eigenvalue weighted by Crippen LogP contribution is 2.09. The van der Waals surface area contributed by atoms with Gasteiger partial charge in [-0.25, -0.2) is 9.59 Å². The molecule has 17 heavy (non-hydrogen) atoms. The maximum Gasteiger partial charge on any atom is 0.370 e. The van der Waals surface area contributed by atoms with Crippen molar-refractivity contribution >= 4 is 23.0 Å². The summed E-state index contributed by atoms with van der Waals surface area (Å²) in [7, 11) is 0. The zero-order chi connectivity index (χ0) is 13.3.